The fourth-order valence-electron chi connectivity index (χ4n) is 9.74. The SMILES string of the molecule is CC[C@@H]1C[C@]1(NC(=O)[C@@H]1C[C@@H](Oc2cc(-c3csc(NC(C)C)n3)nc3c(Cl)c(CCCN4CCOCC4)ccc23)CN1C(=O)[C@@H](NC(=O)O[C@@H]1C[C@@H]2C[C@@H]2C1)C(C)(C)C)C(=O)O. The largest absolute Gasteiger partial charge is 0.488 e. The molecule has 15 nitrogen and oxygen atoms in total. The first-order chi connectivity index (χ1) is 30.0. The first-order valence-electron chi connectivity index (χ1n) is 22.7. The summed E-state index contributed by atoms with van der Waals surface area (Å²) in [6, 6.07) is 3.82. The van der Waals surface area contributed by atoms with Crippen molar-refractivity contribution in [1.82, 2.24) is 30.4 Å². The van der Waals surface area contributed by atoms with E-state index in [1.807, 2.05) is 65.1 Å². The number of pyridine rings is 1. The summed E-state index contributed by atoms with van der Waals surface area (Å²) >= 11 is 8.70. The minimum absolute atomic E-state index is 0.00481. The number of carboxylic acid groups (broad SMARTS) is 1. The number of aliphatic carboxylic acids is 1. The van der Waals surface area contributed by atoms with Crippen LogP contribution >= 0.6 is 22.9 Å². The second kappa shape index (κ2) is 18.3. The molecule has 342 valence electrons. The van der Waals surface area contributed by atoms with Crippen LogP contribution in [0.1, 0.15) is 92.1 Å². The fourth-order valence-corrected chi connectivity index (χ4v) is 10.9. The number of aryl methyl sites for hydroxylation is 1. The van der Waals surface area contributed by atoms with Gasteiger partial charge in [-0.25, -0.2) is 19.6 Å². The lowest BCUT2D eigenvalue weighted by atomic mass is 9.85. The number of hydrogen-bond donors (Lipinski definition) is 4. The molecule has 3 aromatic rings. The molecule has 4 heterocycles. The van der Waals surface area contributed by atoms with Gasteiger partial charge in [-0.1, -0.05) is 51.8 Å². The molecule has 4 N–H and O–H groups in total. The highest BCUT2D eigenvalue weighted by Crippen LogP contribution is 2.52. The highest BCUT2D eigenvalue weighted by atomic mass is 35.5. The molecule has 63 heavy (non-hydrogen) atoms. The van der Waals surface area contributed by atoms with Crippen molar-refractivity contribution in [1.29, 1.82) is 0 Å². The zero-order chi connectivity index (χ0) is 44.8. The number of hydrogen-bond acceptors (Lipinski definition) is 12. The van der Waals surface area contributed by atoms with E-state index in [4.69, 9.17) is 35.8 Å². The van der Waals surface area contributed by atoms with Crippen LogP contribution in [0.3, 0.4) is 0 Å². The summed E-state index contributed by atoms with van der Waals surface area (Å²) in [7, 11) is 0. The minimum atomic E-state index is -1.41. The lowest BCUT2D eigenvalue weighted by molar-refractivity contribution is -0.146. The van der Waals surface area contributed by atoms with Gasteiger partial charge in [0, 0.05) is 42.4 Å². The van der Waals surface area contributed by atoms with E-state index in [1.165, 1.54) is 22.7 Å². The van der Waals surface area contributed by atoms with Gasteiger partial charge in [0.1, 0.15) is 41.3 Å². The molecule has 2 aromatic heterocycles. The van der Waals surface area contributed by atoms with Crippen LogP contribution in [0.25, 0.3) is 22.3 Å². The molecule has 17 heteroatoms. The highest BCUT2D eigenvalue weighted by Gasteiger charge is 2.61. The van der Waals surface area contributed by atoms with Crippen molar-refractivity contribution in [2.45, 2.75) is 129 Å². The number of ether oxygens (including phenoxy) is 3. The zero-order valence-corrected chi connectivity index (χ0v) is 38.8. The number of aromatic nitrogens is 2. The Morgan fingerprint density at radius 1 is 1.05 bits per heavy atom. The number of nitrogens with one attached hydrogen (secondary N) is 3. The normalized spacial score (nSPS) is 27.2. The van der Waals surface area contributed by atoms with Crippen LogP contribution in [0, 0.1) is 23.2 Å². The molecule has 5 aliphatic rings. The third-order valence-electron chi connectivity index (χ3n) is 13.5. The highest BCUT2D eigenvalue weighted by molar-refractivity contribution is 7.14. The number of carboxylic acids is 1. The molecule has 3 saturated carbocycles. The van der Waals surface area contributed by atoms with Crippen LogP contribution in [-0.4, -0.2) is 124 Å². The number of anilines is 1. The number of nitrogens with zero attached hydrogens (tertiary/aromatic N) is 4. The van der Waals surface area contributed by atoms with Crippen LogP contribution in [0.5, 0.6) is 5.75 Å². The number of fused-ring (bicyclic) bond motifs is 2. The molecule has 3 aliphatic carbocycles. The van der Waals surface area contributed by atoms with Crippen molar-refractivity contribution in [2.24, 2.45) is 23.2 Å². The number of alkyl carbamates (subject to hydrolysis) is 1. The molecule has 0 bridgehead atoms. The van der Waals surface area contributed by atoms with Gasteiger partial charge < -0.3 is 40.2 Å². The van der Waals surface area contributed by atoms with Crippen molar-refractivity contribution in [3.63, 3.8) is 0 Å². The summed E-state index contributed by atoms with van der Waals surface area (Å²) in [6.07, 6.45) is 3.88. The number of morpholine rings is 1. The Hall–Kier alpha value is -4.25. The molecule has 5 fully saturated rings. The summed E-state index contributed by atoms with van der Waals surface area (Å²) in [4.78, 5) is 68.8. The van der Waals surface area contributed by atoms with E-state index < -0.39 is 53.0 Å². The third kappa shape index (κ3) is 10.0. The fraction of sp³-hybridized carbons (Fsp3) is 0.652. The lowest BCUT2D eigenvalue weighted by Gasteiger charge is -2.35. The quantitative estimate of drug-likeness (QED) is 0.119. The van der Waals surface area contributed by atoms with E-state index >= 15 is 0 Å². The molecule has 1 aromatic carbocycles. The van der Waals surface area contributed by atoms with Crippen molar-refractivity contribution in [2.75, 3.05) is 44.7 Å². The van der Waals surface area contributed by atoms with Gasteiger partial charge >= 0.3 is 12.1 Å². The van der Waals surface area contributed by atoms with Crippen LogP contribution in [0.4, 0.5) is 9.93 Å². The van der Waals surface area contributed by atoms with Gasteiger partial charge in [-0.3, -0.25) is 14.5 Å². The number of benzene rings is 1. The van der Waals surface area contributed by atoms with Gasteiger partial charge in [-0.2, -0.15) is 0 Å². The summed E-state index contributed by atoms with van der Waals surface area (Å²) < 4.78 is 18.2. The summed E-state index contributed by atoms with van der Waals surface area (Å²) in [5, 5.41) is 23.2. The lowest BCUT2D eigenvalue weighted by Crippen LogP contribution is -2.59. The second-order valence-electron chi connectivity index (χ2n) is 19.6. The number of likely N-dealkylation sites (tertiary alicyclic amines) is 1. The van der Waals surface area contributed by atoms with E-state index in [0.717, 1.165) is 69.2 Å². The minimum Gasteiger partial charge on any atom is -0.488 e. The smallest absolute Gasteiger partial charge is 0.408 e. The van der Waals surface area contributed by atoms with E-state index in [2.05, 4.69) is 20.9 Å². The summed E-state index contributed by atoms with van der Waals surface area (Å²) in [5.41, 5.74) is 0.525. The maximum absolute atomic E-state index is 14.8. The van der Waals surface area contributed by atoms with Gasteiger partial charge in [-0.15, -0.1) is 11.3 Å². The van der Waals surface area contributed by atoms with Gasteiger partial charge in [0.25, 0.3) is 0 Å². The molecule has 8 rings (SSSR count). The molecular weight excluding hydrogens is 846 g/mol. The average molecular weight is 909 g/mol. The first-order valence-corrected chi connectivity index (χ1v) is 23.9. The standard InChI is InChI=1S/C46H62ClN7O8S/c1-7-29-22-46(29,42(57)58)52-40(55)35-20-31(23-54(35)41(56)39(45(4,5)6)51-44(59)62-30-18-27-17-28(27)19-30)61-36-21-33(34-24-63-43(50-34)48-25(2)3)49-38-32(36)11-10-26(37(38)47)9-8-12-53-13-15-60-16-14-53/h10-11,21,24-25,27-31,35,39H,7-9,12-20,22-23H2,1-6H3,(H,48,50)(H,51,59)(H,52,55)(H,57,58)/t27-,28+,29-,30+,31-,35+,39-,46-/m1/s1. The first kappa shape index (κ1) is 45.3. The summed E-state index contributed by atoms with van der Waals surface area (Å²) in [5.74, 6) is -0.718. The Bertz CT molecular complexity index is 2200. The zero-order valence-electron chi connectivity index (χ0n) is 37.2. The predicted octanol–water partition coefficient (Wildman–Crippen LogP) is 6.75. The molecule has 8 atom stereocenters. The molecule has 3 amide bonds. The van der Waals surface area contributed by atoms with Crippen molar-refractivity contribution >= 4 is 62.8 Å². The number of amides is 3. The van der Waals surface area contributed by atoms with E-state index in [0.29, 0.717) is 57.7 Å². The number of rotatable bonds is 16. The molecule has 0 spiro atoms. The Labute approximate surface area is 378 Å². The molecule has 0 unspecified atom stereocenters. The van der Waals surface area contributed by atoms with Gasteiger partial charge in [0.15, 0.2) is 5.13 Å². The van der Waals surface area contributed by atoms with Crippen LogP contribution in [0.2, 0.25) is 5.02 Å². The molecule has 2 aliphatic heterocycles. The Morgan fingerprint density at radius 2 is 1.79 bits per heavy atom. The van der Waals surface area contributed by atoms with E-state index in [1.54, 1.807) is 0 Å². The average Bonchev–Trinajstić information content (AvgIpc) is 3.91. The number of thiazole rings is 1. The predicted molar refractivity (Wildman–Crippen MR) is 241 cm³/mol. The molecule has 0 radical (unpaired) electrons. The topological polar surface area (TPSA) is 185 Å². The Balaban J connectivity index is 1.09. The number of carbonyl (C=O) groups excluding carboxylic acids is 3. The second-order valence-corrected chi connectivity index (χ2v) is 20.8. The van der Waals surface area contributed by atoms with Gasteiger partial charge in [0.05, 0.1) is 36.0 Å². The van der Waals surface area contributed by atoms with Crippen LogP contribution in [0.15, 0.2) is 23.6 Å². The number of halogens is 1. The van der Waals surface area contributed by atoms with Gasteiger partial charge in [-0.05, 0) is 93.7 Å². The Morgan fingerprint density at radius 3 is 2.46 bits per heavy atom. The van der Waals surface area contributed by atoms with Crippen LogP contribution < -0.4 is 20.7 Å². The number of carbonyl (C=O) groups is 4. The monoisotopic (exact) mass is 907 g/mol. The Kier molecular flexibility index (Phi) is 13.2. The van der Waals surface area contributed by atoms with Crippen molar-refractivity contribution < 1.29 is 38.5 Å². The maximum atomic E-state index is 14.8. The van der Waals surface area contributed by atoms with Crippen LogP contribution in [-0.2, 0) is 30.3 Å². The van der Waals surface area contributed by atoms with Crippen molar-refractivity contribution in [3.05, 3.63) is 34.2 Å². The third-order valence-corrected chi connectivity index (χ3v) is 14.7. The van der Waals surface area contributed by atoms with Gasteiger partial charge in [0.2, 0.25) is 11.8 Å². The summed E-state index contributed by atoms with van der Waals surface area (Å²) in [6.45, 7) is 15.7. The molecular formula is C46H62ClN7O8S. The molecule has 2 saturated heterocycles. The van der Waals surface area contributed by atoms with E-state index in [-0.39, 0.29) is 31.0 Å². The van der Waals surface area contributed by atoms with E-state index in [9.17, 15) is 24.3 Å². The van der Waals surface area contributed by atoms with Crippen molar-refractivity contribution in [3.8, 4) is 17.1 Å². The maximum Gasteiger partial charge on any atom is 0.408 e.